The molecular formula is C16H21N3S. The van der Waals surface area contributed by atoms with Crippen molar-refractivity contribution in [1.82, 2.24) is 9.55 Å². The highest BCUT2D eigenvalue weighted by atomic mass is 32.2. The number of anilines is 1. The summed E-state index contributed by atoms with van der Waals surface area (Å²) in [4.78, 5) is 4.84. The van der Waals surface area contributed by atoms with Crippen LogP contribution in [0.15, 0.2) is 30.3 Å². The summed E-state index contributed by atoms with van der Waals surface area (Å²) in [6, 6.07) is 10.9. The molecule has 0 radical (unpaired) electrons. The number of rotatable bonds is 6. The summed E-state index contributed by atoms with van der Waals surface area (Å²) in [5, 5.41) is 0. The molecule has 1 aromatic heterocycles. The molecule has 1 aromatic carbocycles. The first-order chi connectivity index (χ1) is 9.81. The molecule has 106 valence electrons. The number of imidazole rings is 1. The lowest BCUT2D eigenvalue weighted by Gasteiger charge is -2.08. The third-order valence-corrected chi connectivity index (χ3v) is 4.56. The summed E-state index contributed by atoms with van der Waals surface area (Å²) in [7, 11) is 0. The van der Waals surface area contributed by atoms with Gasteiger partial charge in [-0.2, -0.15) is 11.8 Å². The van der Waals surface area contributed by atoms with Crippen LogP contribution in [-0.2, 0) is 6.42 Å². The highest BCUT2D eigenvalue weighted by Crippen LogP contribution is 2.41. The van der Waals surface area contributed by atoms with Gasteiger partial charge in [-0.1, -0.05) is 37.3 Å². The van der Waals surface area contributed by atoms with Gasteiger partial charge in [0.2, 0.25) is 0 Å². The van der Waals surface area contributed by atoms with Gasteiger partial charge in [-0.25, -0.2) is 4.98 Å². The summed E-state index contributed by atoms with van der Waals surface area (Å²) in [6.07, 6.45) is 3.41. The van der Waals surface area contributed by atoms with E-state index in [-0.39, 0.29) is 0 Å². The zero-order chi connectivity index (χ0) is 13.9. The fourth-order valence-corrected chi connectivity index (χ4v) is 3.11. The largest absolute Gasteiger partial charge is 0.384 e. The second-order valence-electron chi connectivity index (χ2n) is 5.18. The van der Waals surface area contributed by atoms with Gasteiger partial charge in [-0.15, -0.1) is 0 Å². The van der Waals surface area contributed by atoms with Crippen molar-refractivity contribution in [3.05, 3.63) is 36.0 Å². The quantitative estimate of drug-likeness (QED) is 0.823. The van der Waals surface area contributed by atoms with Crippen LogP contribution in [0.5, 0.6) is 0 Å². The maximum atomic E-state index is 6.36. The van der Waals surface area contributed by atoms with E-state index in [9.17, 15) is 0 Å². The number of thioether (sulfide) groups is 1. The Hall–Kier alpha value is -1.42. The first-order valence-corrected chi connectivity index (χ1v) is 8.46. The molecule has 0 spiro atoms. The number of hydrogen-bond acceptors (Lipinski definition) is 3. The fourth-order valence-electron chi connectivity index (χ4n) is 2.48. The Morgan fingerprint density at radius 3 is 2.70 bits per heavy atom. The molecule has 1 heterocycles. The van der Waals surface area contributed by atoms with E-state index in [0.29, 0.717) is 6.04 Å². The van der Waals surface area contributed by atoms with E-state index in [1.165, 1.54) is 18.4 Å². The predicted molar refractivity (Wildman–Crippen MR) is 87.0 cm³/mol. The van der Waals surface area contributed by atoms with Crippen molar-refractivity contribution in [3.8, 4) is 11.4 Å². The highest BCUT2D eigenvalue weighted by molar-refractivity contribution is 7.99. The van der Waals surface area contributed by atoms with Crippen molar-refractivity contribution in [2.75, 3.05) is 17.2 Å². The van der Waals surface area contributed by atoms with E-state index in [1.54, 1.807) is 0 Å². The van der Waals surface area contributed by atoms with E-state index in [1.807, 2.05) is 17.8 Å². The van der Waals surface area contributed by atoms with Crippen LogP contribution >= 0.6 is 11.8 Å². The SMILES string of the molecule is CCSCCc1nc(-c2ccccc2)n(C2CC2)c1N. The Morgan fingerprint density at radius 2 is 2.05 bits per heavy atom. The molecule has 1 aliphatic rings. The van der Waals surface area contributed by atoms with Gasteiger partial charge < -0.3 is 10.3 Å². The lowest BCUT2D eigenvalue weighted by atomic mass is 10.2. The van der Waals surface area contributed by atoms with Crippen LogP contribution in [0.3, 0.4) is 0 Å². The second kappa shape index (κ2) is 5.92. The summed E-state index contributed by atoms with van der Waals surface area (Å²) in [6.45, 7) is 2.19. The molecule has 3 nitrogen and oxygen atoms in total. The monoisotopic (exact) mass is 287 g/mol. The Balaban J connectivity index is 1.94. The van der Waals surface area contributed by atoms with Gasteiger partial charge in [-0.3, -0.25) is 0 Å². The minimum Gasteiger partial charge on any atom is -0.384 e. The van der Waals surface area contributed by atoms with Crippen LogP contribution in [0, 0.1) is 0 Å². The molecule has 1 aliphatic carbocycles. The molecule has 1 fully saturated rings. The lowest BCUT2D eigenvalue weighted by Crippen LogP contribution is -2.03. The first kappa shape index (κ1) is 13.6. The number of benzene rings is 1. The minimum atomic E-state index is 0.560. The molecule has 0 saturated heterocycles. The molecule has 2 N–H and O–H groups in total. The Kier molecular flexibility index (Phi) is 4.01. The van der Waals surface area contributed by atoms with Crippen LogP contribution in [0.25, 0.3) is 11.4 Å². The van der Waals surface area contributed by atoms with Gasteiger partial charge >= 0.3 is 0 Å². The van der Waals surface area contributed by atoms with E-state index in [0.717, 1.165) is 35.3 Å². The molecule has 0 aliphatic heterocycles. The second-order valence-corrected chi connectivity index (χ2v) is 6.58. The summed E-state index contributed by atoms with van der Waals surface area (Å²) < 4.78 is 2.25. The lowest BCUT2D eigenvalue weighted by molar-refractivity contribution is 0.759. The molecule has 0 unspecified atom stereocenters. The smallest absolute Gasteiger partial charge is 0.142 e. The summed E-state index contributed by atoms with van der Waals surface area (Å²) in [5.74, 6) is 4.16. The maximum Gasteiger partial charge on any atom is 0.142 e. The number of aryl methyl sites for hydroxylation is 1. The molecule has 0 atom stereocenters. The molecule has 2 aromatic rings. The van der Waals surface area contributed by atoms with E-state index in [4.69, 9.17) is 10.7 Å². The zero-order valence-electron chi connectivity index (χ0n) is 11.9. The fraction of sp³-hybridized carbons (Fsp3) is 0.438. The van der Waals surface area contributed by atoms with Crippen molar-refractivity contribution >= 4 is 17.6 Å². The minimum absolute atomic E-state index is 0.560. The third kappa shape index (κ3) is 2.70. The van der Waals surface area contributed by atoms with Crippen molar-refractivity contribution in [2.45, 2.75) is 32.2 Å². The zero-order valence-corrected chi connectivity index (χ0v) is 12.7. The molecule has 1 saturated carbocycles. The van der Waals surface area contributed by atoms with Gasteiger partial charge in [-0.05, 0) is 24.3 Å². The number of aromatic nitrogens is 2. The van der Waals surface area contributed by atoms with E-state index >= 15 is 0 Å². The molecule has 3 rings (SSSR count). The number of hydrogen-bond donors (Lipinski definition) is 1. The van der Waals surface area contributed by atoms with Crippen LogP contribution in [0.2, 0.25) is 0 Å². The van der Waals surface area contributed by atoms with Crippen LogP contribution in [0.4, 0.5) is 5.82 Å². The van der Waals surface area contributed by atoms with Gasteiger partial charge in [0.15, 0.2) is 0 Å². The van der Waals surface area contributed by atoms with Gasteiger partial charge in [0.05, 0.1) is 5.69 Å². The topological polar surface area (TPSA) is 43.8 Å². The Bertz CT molecular complexity index is 573. The summed E-state index contributed by atoms with van der Waals surface area (Å²) >= 11 is 1.94. The van der Waals surface area contributed by atoms with E-state index in [2.05, 4.69) is 35.8 Å². The van der Waals surface area contributed by atoms with Crippen LogP contribution in [-0.4, -0.2) is 21.1 Å². The molecule has 0 amide bonds. The van der Waals surface area contributed by atoms with Crippen molar-refractivity contribution in [3.63, 3.8) is 0 Å². The average Bonchev–Trinajstić information content (AvgIpc) is 3.26. The average molecular weight is 287 g/mol. The highest BCUT2D eigenvalue weighted by Gasteiger charge is 2.30. The van der Waals surface area contributed by atoms with Crippen molar-refractivity contribution in [2.24, 2.45) is 0 Å². The van der Waals surface area contributed by atoms with Crippen molar-refractivity contribution < 1.29 is 0 Å². The number of nitrogens with zero attached hydrogens (tertiary/aromatic N) is 2. The standard InChI is InChI=1S/C16H21N3S/c1-2-20-11-10-14-15(17)19(13-8-9-13)16(18-14)12-6-4-3-5-7-12/h3-7,13H,2,8-11,17H2,1H3. The normalized spacial score (nSPS) is 14.7. The maximum absolute atomic E-state index is 6.36. The van der Waals surface area contributed by atoms with E-state index < -0.39 is 0 Å². The van der Waals surface area contributed by atoms with Crippen molar-refractivity contribution in [1.29, 1.82) is 0 Å². The molecule has 0 bridgehead atoms. The predicted octanol–water partition coefficient (Wildman–Crippen LogP) is 3.76. The number of nitrogen functional groups attached to an aromatic ring is 1. The van der Waals surface area contributed by atoms with Crippen LogP contribution in [0.1, 0.15) is 31.5 Å². The molecule has 4 heteroatoms. The first-order valence-electron chi connectivity index (χ1n) is 7.31. The van der Waals surface area contributed by atoms with Crippen LogP contribution < -0.4 is 5.73 Å². The third-order valence-electron chi connectivity index (χ3n) is 3.66. The van der Waals surface area contributed by atoms with Gasteiger partial charge in [0.25, 0.3) is 0 Å². The Labute approximate surface area is 124 Å². The number of nitrogens with two attached hydrogens (primary N) is 1. The van der Waals surface area contributed by atoms with Gasteiger partial charge in [0, 0.05) is 18.0 Å². The van der Waals surface area contributed by atoms with Gasteiger partial charge in [0.1, 0.15) is 11.6 Å². The Morgan fingerprint density at radius 1 is 1.30 bits per heavy atom. The summed E-state index contributed by atoms with van der Waals surface area (Å²) in [5.41, 5.74) is 8.59. The molecular weight excluding hydrogens is 266 g/mol. The molecule has 20 heavy (non-hydrogen) atoms.